The van der Waals surface area contributed by atoms with Gasteiger partial charge in [-0.1, -0.05) is 34.1 Å². The highest BCUT2D eigenvalue weighted by Gasteiger charge is 2.45. The molecule has 2 aliphatic rings. The van der Waals surface area contributed by atoms with Crippen LogP contribution < -0.4 is 10.6 Å². The van der Waals surface area contributed by atoms with Crippen LogP contribution in [0.25, 0.3) is 0 Å². The van der Waals surface area contributed by atoms with Gasteiger partial charge in [-0.2, -0.15) is 0 Å². The second kappa shape index (κ2) is 6.81. The lowest BCUT2D eigenvalue weighted by atomic mass is 9.80. The van der Waals surface area contributed by atoms with Crippen molar-refractivity contribution in [3.8, 4) is 0 Å². The Labute approximate surface area is 146 Å². The molecular weight excluding hydrogens is 354 g/mol. The molecule has 0 radical (unpaired) electrons. The summed E-state index contributed by atoms with van der Waals surface area (Å²) in [6.07, 6.45) is 5.26. The van der Waals surface area contributed by atoms with E-state index in [2.05, 4.69) is 62.7 Å². The molecule has 2 fully saturated rings. The van der Waals surface area contributed by atoms with E-state index in [1.165, 1.54) is 22.9 Å². The van der Waals surface area contributed by atoms with Crippen molar-refractivity contribution in [2.24, 2.45) is 4.99 Å². The fourth-order valence-electron chi connectivity index (χ4n) is 3.15. The molecular formula is C18H26BrN3O. The normalized spacial score (nSPS) is 21.4. The maximum atomic E-state index is 10.2. The standard InChI is InChI=1S/C18H26BrN3O/c1-2-20-16(22-13-18(23)8-5-9-18)21-12-17(10-11-17)14-6-3-4-7-15(14)19/h3-4,6-7,23H,2,5,8-13H2,1H3,(H2,20,21,22). The molecule has 3 rings (SSSR count). The van der Waals surface area contributed by atoms with E-state index in [4.69, 9.17) is 0 Å². The first-order chi connectivity index (χ1) is 11.1. The maximum absolute atomic E-state index is 10.2. The summed E-state index contributed by atoms with van der Waals surface area (Å²) in [5, 5.41) is 17.0. The van der Waals surface area contributed by atoms with Crippen LogP contribution in [0.3, 0.4) is 0 Å². The molecule has 126 valence electrons. The van der Waals surface area contributed by atoms with Gasteiger partial charge in [-0.05, 0) is 50.7 Å². The van der Waals surface area contributed by atoms with Gasteiger partial charge in [0, 0.05) is 23.0 Å². The lowest BCUT2D eigenvalue weighted by Crippen LogP contribution is -2.44. The lowest BCUT2D eigenvalue weighted by Gasteiger charge is -2.35. The number of nitrogens with zero attached hydrogens (tertiary/aromatic N) is 1. The van der Waals surface area contributed by atoms with Gasteiger partial charge in [-0.3, -0.25) is 4.99 Å². The summed E-state index contributed by atoms with van der Waals surface area (Å²) in [6, 6.07) is 8.48. The van der Waals surface area contributed by atoms with Crippen LogP contribution in [0.2, 0.25) is 0 Å². The molecule has 5 heteroatoms. The molecule has 1 aromatic carbocycles. The first-order valence-electron chi connectivity index (χ1n) is 8.57. The van der Waals surface area contributed by atoms with Gasteiger partial charge < -0.3 is 15.7 Å². The van der Waals surface area contributed by atoms with E-state index in [0.717, 1.165) is 38.3 Å². The Morgan fingerprint density at radius 3 is 2.52 bits per heavy atom. The smallest absolute Gasteiger partial charge is 0.191 e. The average molecular weight is 380 g/mol. The number of aliphatic imine (C=N–C) groups is 1. The van der Waals surface area contributed by atoms with Crippen LogP contribution in [0.4, 0.5) is 0 Å². The topological polar surface area (TPSA) is 56.7 Å². The number of hydrogen-bond acceptors (Lipinski definition) is 2. The molecule has 1 aromatic rings. The fourth-order valence-corrected chi connectivity index (χ4v) is 3.85. The Morgan fingerprint density at radius 1 is 1.22 bits per heavy atom. The van der Waals surface area contributed by atoms with Gasteiger partial charge in [0.05, 0.1) is 12.1 Å². The van der Waals surface area contributed by atoms with Crippen molar-refractivity contribution in [3.63, 3.8) is 0 Å². The van der Waals surface area contributed by atoms with E-state index in [1.54, 1.807) is 0 Å². The van der Waals surface area contributed by atoms with Gasteiger partial charge in [0.25, 0.3) is 0 Å². The van der Waals surface area contributed by atoms with Crippen molar-refractivity contribution in [2.75, 3.05) is 19.6 Å². The lowest BCUT2D eigenvalue weighted by molar-refractivity contribution is -0.0236. The van der Waals surface area contributed by atoms with Gasteiger partial charge in [-0.25, -0.2) is 0 Å². The summed E-state index contributed by atoms with van der Waals surface area (Å²) >= 11 is 3.68. The third kappa shape index (κ3) is 3.89. The Bertz CT molecular complexity index is 579. The molecule has 2 saturated carbocycles. The minimum Gasteiger partial charge on any atom is -0.388 e. The predicted octanol–water partition coefficient (Wildman–Crippen LogP) is 2.95. The molecule has 0 heterocycles. The molecule has 0 amide bonds. The number of benzene rings is 1. The van der Waals surface area contributed by atoms with Crippen LogP contribution in [0.15, 0.2) is 33.7 Å². The zero-order chi connectivity index (χ0) is 16.3. The molecule has 0 bridgehead atoms. The van der Waals surface area contributed by atoms with Gasteiger partial charge in [0.2, 0.25) is 0 Å². The fraction of sp³-hybridized carbons (Fsp3) is 0.611. The van der Waals surface area contributed by atoms with E-state index in [0.29, 0.717) is 6.54 Å². The zero-order valence-electron chi connectivity index (χ0n) is 13.7. The minimum absolute atomic E-state index is 0.212. The van der Waals surface area contributed by atoms with Crippen molar-refractivity contribution >= 4 is 21.9 Å². The first kappa shape index (κ1) is 16.8. The van der Waals surface area contributed by atoms with E-state index >= 15 is 0 Å². The SMILES string of the molecule is CCNC(=NCC1(O)CCC1)NCC1(c2ccccc2Br)CC1. The van der Waals surface area contributed by atoms with Crippen molar-refractivity contribution < 1.29 is 5.11 Å². The monoisotopic (exact) mass is 379 g/mol. The van der Waals surface area contributed by atoms with E-state index in [9.17, 15) is 5.11 Å². The zero-order valence-corrected chi connectivity index (χ0v) is 15.3. The van der Waals surface area contributed by atoms with E-state index < -0.39 is 5.60 Å². The largest absolute Gasteiger partial charge is 0.388 e. The van der Waals surface area contributed by atoms with Crippen LogP contribution in [0, 0.1) is 0 Å². The van der Waals surface area contributed by atoms with Crippen LogP contribution in [-0.2, 0) is 5.41 Å². The Kier molecular flexibility index (Phi) is 4.97. The minimum atomic E-state index is -0.567. The van der Waals surface area contributed by atoms with Gasteiger partial charge in [0.1, 0.15) is 0 Å². The van der Waals surface area contributed by atoms with Gasteiger partial charge >= 0.3 is 0 Å². The Hall–Kier alpha value is -1.07. The van der Waals surface area contributed by atoms with Gasteiger partial charge in [-0.15, -0.1) is 0 Å². The number of hydrogen-bond donors (Lipinski definition) is 3. The summed E-state index contributed by atoms with van der Waals surface area (Å²) < 4.78 is 1.19. The van der Waals surface area contributed by atoms with Crippen molar-refractivity contribution in [3.05, 3.63) is 34.3 Å². The summed E-state index contributed by atoms with van der Waals surface area (Å²) in [4.78, 5) is 4.59. The van der Waals surface area contributed by atoms with Gasteiger partial charge in [0.15, 0.2) is 5.96 Å². The third-order valence-corrected chi connectivity index (χ3v) is 5.74. The number of halogens is 1. The molecule has 0 aliphatic heterocycles. The van der Waals surface area contributed by atoms with Crippen molar-refractivity contribution in [1.29, 1.82) is 0 Å². The summed E-state index contributed by atoms with van der Waals surface area (Å²) in [7, 11) is 0. The Morgan fingerprint density at radius 2 is 1.96 bits per heavy atom. The van der Waals surface area contributed by atoms with E-state index in [1.807, 2.05) is 0 Å². The predicted molar refractivity (Wildman–Crippen MR) is 97.8 cm³/mol. The molecule has 0 saturated heterocycles. The van der Waals surface area contributed by atoms with Crippen LogP contribution >= 0.6 is 15.9 Å². The number of aliphatic hydroxyl groups is 1. The second-order valence-corrected chi connectivity index (χ2v) is 7.74. The molecule has 0 atom stereocenters. The summed E-state index contributed by atoms with van der Waals surface area (Å²) in [6.45, 7) is 4.26. The first-order valence-corrected chi connectivity index (χ1v) is 9.36. The molecule has 3 N–H and O–H groups in total. The van der Waals surface area contributed by atoms with Crippen LogP contribution in [0.5, 0.6) is 0 Å². The maximum Gasteiger partial charge on any atom is 0.191 e. The van der Waals surface area contributed by atoms with E-state index in [-0.39, 0.29) is 5.41 Å². The number of nitrogens with one attached hydrogen (secondary N) is 2. The quantitative estimate of drug-likeness (QED) is 0.526. The summed E-state index contributed by atoms with van der Waals surface area (Å²) in [5.41, 5.74) is 1.02. The Balaban J connectivity index is 1.62. The highest BCUT2D eigenvalue weighted by atomic mass is 79.9. The average Bonchev–Trinajstić information content (AvgIpc) is 3.29. The molecule has 0 spiro atoms. The summed E-state index contributed by atoms with van der Waals surface area (Å²) in [5.74, 6) is 0.811. The highest BCUT2D eigenvalue weighted by molar-refractivity contribution is 9.10. The van der Waals surface area contributed by atoms with Crippen molar-refractivity contribution in [1.82, 2.24) is 10.6 Å². The molecule has 4 nitrogen and oxygen atoms in total. The molecule has 0 aromatic heterocycles. The van der Waals surface area contributed by atoms with Crippen molar-refractivity contribution in [2.45, 2.75) is 50.0 Å². The molecule has 2 aliphatic carbocycles. The number of guanidine groups is 1. The molecule has 0 unspecified atom stereocenters. The number of rotatable bonds is 6. The second-order valence-electron chi connectivity index (χ2n) is 6.89. The molecule has 23 heavy (non-hydrogen) atoms. The van der Waals surface area contributed by atoms with Crippen LogP contribution in [0.1, 0.15) is 44.6 Å². The highest BCUT2D eigenvalue weighted by Crippen LogP contribution is 2.49. The van der Waals surface area contributed by atoms with Crippen LogP contribution in [-0.4, -0.2) is 36.3 Å². The third-order valence-electron chi connectivity index (χ3n) is 5.05.